The molecule has 28 heavy (non-hydrogen) atoms. The van der Waals surface area contributed by atoms with E-state index in [9.17, 15) is 4.79 Å². The lowest BCUT2D eigenvalue weighted by molar-refractivity contribution is -0.123. The summed E-state index contributed by atoms with van der Waals surface area (Å²) in [6.45, 7) is 2.28. The molecule has 0 saturated carbocycles. The van der Waals surface area contributed by atoms with Gasteiger partial charge in [-0.1, -0.05) is 18.2 Å². The van der Waals surface area contributed by atoms with Gasteiger partial charge >= 0.3 is 0 Å². The molecule has 0 bridgehead atoms. The third-order valence-electron chi connectivity index (χ3n) is 3.83. The van der Waals surface area contributed by atoms with Gasteiger partial charge in [-0.3, -0.25) is 9.36 Å². The fraction of sp³-hybridized carbons (Fsp3) is 0.200. The zero-order chi connectivity index (χ0) is 19.8. The van der Waals surface area contributed by atoms with Crippen molar-refractivity contribution in [1.29, 1.82) is 5.26 Å². The Labute approximate surface area is 162 Å². The highest BCUT2D eigenvalue weighted by Gasteiger charge is 2.11. The normalized spacial score (nSPS) is 10.1. The second-order valence-corrected chi connectivity index (χ2v) is 5.72. The zero-order valence-corrected chi connectivity index (χ0v) is 15.3. The van der Waals surface area contributed by atoms with Crippen LogP contribution in [-0.4, -0.2) is 33.9 Å². The summed E-state index contributed by atoms with van der Waals surface area (Å²) in [6.07, 6.45) is 1.60. The third-order valence-corrected chi connectivity index (χ3v) is 3.83. The molecule has 142 valence electrons. The number of carbonyl (C=O) groups is 1. The van der Waals surface area contributed by atoms with Crippen molar-refractivity contribution in [2.75, 3.05) is 13.2 Å². The van der Waals surface area contributed by atoms with E-state index in [1.165, 1.54) is 0 Å². The number of nitrogens with one attached hydrogen (secondary N) is 1. The van der Waals surface area contributed by atoms with E-state index in [1.807, 2.05) is 43.3 Å². The third kappa shape index (κ3) is 4.65. The molecule has 3 aromatic rings. The molecule has 0 aliphatic rings. The summed E-state index contributed by atoms with van der Waals surface area (Å²) in [5, 5.41) is 19.7. The molecule has 1 N–H and O–H groups in total. The number of rotatable bonds is 8. The predicted molar refractivity (Wildman–Crippen MR) is 101 cm³/mol. The van der Waals surface area contributed by atoms with E-state index in [0.29, 0.717) is 29.5 Å². The molecule has 0 radical (unpaired) electrons. The number of hydrogen-bond acceptors (Lipinski definition) is 6. The van der Waals surface area contributed by atoms with Crippen LogP contribution in [0, 0.1) is 11.3 Å². The average Bonchev–Trinajstić information content (AvgIpc) is 3.20. The van der Waals surface area contributed by atoms with E-state index in [1.54, 1.807) is 29.1 Å². The van der Waals surface area contributed by atoms with Crippen molar-refractivity contribution >= 4 is 5.91 Å². The Balaban J connectivity index is 1.58. The maximum Gasteiger partial charge on any atom is 0.258 e. The minimum atomic E-state index is -0.311. The van der Waals surface area contributed by atoms with Gasteiger partial charge in [0, 0.05) is 11.8 Å². The summed E-state index contributed by atoms with van der Waals surface area (Å²) in [5.41, 5.74) is 1.37. The van der Waals surface area contributed by atoms with Crippen LogP contribution in [0.4, 0.5) is 0 Å². The van der Waals surface area contributed by atoms with Crippen LogP contribution in [0.5, 0.6) is 11.5 Å². The number of amides is 1. The van der Waals surface area contributed by atoms with Gasteiger partial charge in [-0.2, -0.15) is 5.26 Å². The summed E-state index contributed by atoms with van der Waals surface area (Å²) in [4.78, 5) is 12.2. The van der Waals surface area contributed by atoms with Gasteiger partial charge in [-0.05, 0) is 31.2 Å². The van der Waals surface area contributed by atoms with Crippen LogP contribution >= 0.6 is 0 Å². The number of benzene rings is 2. The number of nitrogens with zero attached hydrogens (tertiary/aromatic N) is 4. The summed E-state index contributed by atoms with van der Waals surface area (Å²) in [5.74, 6) is 1.13. The second kappa shape index (κ2) is 9.19. The van der Waals surface area contributed by atoms with E-state index in [2.05, 4.69) is 15.5 Å². The fourth-order valence-electron chi connectivity index (χ4n) is 2.52. The number of ether oxygens (including phenoxy) is 2. The molecule has 1 heterocycles. The number of aromatic nitrogens is 3. The first-order chi connectivity index (χ1) is 13.7. The molecular formula is C20H19N5O3. The molecule has 0 spiro atoms. The Bertz CT molecular complexity index is 979. The predicted octanol–water partition coefficient (Wildman–Crippen LogP) is 2.23. The average molecular weight is 377 g/mol. The van der Waals surface area contributed by atoms with Crippen LogP contribution in [0.2, 0.25) is 0 Å². The summed E-state index contributed by atoms with van der Waals surface area (Å²) < 4.78 is 12.8. The first kappa shape index (κ1) is 18.9. The molecule has 0 aliphatic carbocycles. The highest BCUT2D eigenvalue weighted by Crippen LogP contribution is 2.28. The van der Waals surface area contributed by atoms with Gasteiger partial charge in [0.1, 0.15) is 6.33 Å². The van der Waals surface area contributed by atoms with Gasteiger partial charge in [0.15, 0.2) is 23.9 Å². The molecule has 1 aromatic heterocycles. The smallest absolute Gasteiger partial charge is 0.258 e. The van der Waals surface area contributed by atoms with Crippen molar-refractivity contribution in [3.05, 3.63) is 66.2 Å². The Kier molecular flexibility index (Phi) is 6.21. The molecule has 2 aromatic carbocycles. The molecule has 0 aliphatic heterocycles. The lowest BCUT2D eigenvalue weighted by atomic mass is 10.2. The maximum absolute atomic E-state index is 12.2. The SMILES string of the molecule is CCOc1cc(C#N)ccc1OCC(=O)NCc1nncn1-c1ccccc1. The van der Waals surface area contributed by atoms with Crippen LogP contribution in [-0.2, 0) is 11.3 Å². The van der Waals surface area contributed by atoms with E-state index < -0.39 is 0 Å². The minimum absolute atomic E-state index is 0.189. The summed E-state index contributed by atoms with van der Waals surface area (Å²) >= 11 is 0. The monoisotopic (exact) mass is 377 g/mol. The molecule has 8 nitrogen and oxygen atoms in total. The van der Waals surface area contributed by atoms with Crippen molar-refractivity contribution in [1.82, 2.24) is 20.1 Å². The number of para-hydroxylation sites is 1. The van der Waals surface area contributed by atoms with Crippen LogP contribution in [0.25, 0.3) is 5.69 Å². The molecular weight excluding hydrogens is 358 g/mol. The van der Waals surface area contributed by atoms with Crippen molar-refractivity contribution in [3.8, 4) is 23.3 Å². The number of carbonyl (C=O) groups excluding carboxylic acids is 1. The Hall–Kier alpha value is -3.86. The summed E-state index contributed by atoms with van der Waals surface area (Å²) in [6, 6.07) is 16.5. The van der Waals surface area contributed by atoms with Gasteiger partial charge in [0.25, 0.3) is 5.91 Å². The van der Waals surface area contributed by atoms with E-state index in [0.717, 1.165) is 5.69 Å². The highest BCUT2D eigenvalue weighted by atomic mass is 16.5. The lowest BCUT2D eigenvalue weighted by Gasteiger charge is -2.12. The maximum atomic E-state index is 12.2. The van der Waals surface area contributed by atoms with Crippen LogP contribution in [0.1, 0.15) is 18.3 Å². The molecule has 0 unspecified atom stereocenters. The zero-order valence-electron chi connectivity index (χ0n) is 15.3. The van der Waals surface area contributed by atoms with Crippen molar-refractivity contribution in [3.63, 3.8) is 0 Å². The van der Waals surface area contributed by atoms with Crippen LogP contribution in [0.3, 0.4) is 0 Å². The molecule has 0 atom stereocenters. The van der Waals surface area contributed by atoms with Crippen molar-refractivity contribution in [2.45, 2.75) is 13.5 Å². The quantitative estimate of drug-likeness (QED) is 0.646. The van der Waals surface area contributed by atoms with Crippen LogP contribution in [0.15, 0.2) is 54.9 Å². The van der Waals surface area contributed by atoms with Crippen molar-refractivity contribution in [2.24, 2.45) is 0 Å². The number of nitriles is 1. The number of hydrogen-bond donors (Lipinski definition) is 1. The molecule has 0 fully saturated rings. The second-order valence-electron chi connectivity index (χ2n) is 5.72. The molecule has 0 saturated heterocycles. The van der Waals surface area contributed by atoms with Gasteiger partial charge in [-0.25, -0.2) is 0 Å². The molecule has 1 amide bonds. The fourth-order valence-corrected chi connectivity index (χ4v) is 2.52. The van der Waals surface area contributed by atoms with E-state index in [4.69, 9.17) is 14.7 Å². The first-order valence-electron chi connectivity index (χ1n) is 8.72. The van der Waals surface area contributed by atoms with E-state index in [-0.39, 0.29) is 19.1 Å². The Morgan fingerprint density at radius 3 is 2.75 bits per heavy atom. The van der Waals surface area contributed by atoms with Gasteiger partial charge in [-0.15, -0.1) is 10.2 Å². The minimum Gasteiger partial charge on any atom is -0.490 e. The summed E-state index contributed by atoms with van der Waals surface area (Å²) in [7, 11) is 0. The molecule has 8 heteroatoms. The standard InChI is InChI=1S/C20H19N5O3/c1-2-27-18-10-15(11-21)8-9-17(18)28-13-20(26)22-12-19-24-23-14-25(19)16-6-4-3-5-7-16/h3-10,14H,2,12-13H2,1H3,(H,22,26). The first-order valence-corrected chi connectivity index (χ1v) is 8.72. The van der Waals surface area contributed by atoms with Crippen LogP contribution < -0.4 is 14.8 Å². The van der Waals surface area contributed by atoms with Gasteiger partial charge in [0.05, 0.1) is 24.8 Å². The van der Waals surface area contributed by atoms with E-state index >= 15 is 0 Å². The van der Waals surface area contributed by atoms with Gasteiger partial charge < -0.3 is 14.8 Å². The topological polar surface area (TPSA) is 102 Å². The Morgan fingerprint density at radius 2 is 2.00 bits per heavy atom. The largest absolute Gasteiger partial charge is 0.490 e. The van der Waals surface area contributed by atoms with Crippen molar-refractivity contribution < 1.29 is 14.3 Å². The highest BCUT2D eigenvalue weighted by molar-refractivity contribution is 5.77. The van der Waals surface area contributed by atoms with Gasteiger partial charge in [0.2, 0.25) is 0 Å². The molecule has 3 rings (SSSR count). The Morgan fingerprint density at radius 1 is 1.18 bits per heavy atom. The lowest BCUT2D eigenvalue weighted by Crippen LogP contribution is -2.29.